The molecule has 3 fully saturated rings. The number of benzene rings is 1. The SMILES string of the molecule is CC(C)N1CC(c2ccc(-c3cc4c(N5CCN(C(=O)C6CC6)CC5)ccnn4c3)cc2)C1I. The van der Waals surface area contributed by atoms with Crippen molar-refractivity contribution in [3.05, 3.63) is 54.4 Å². The zero-order chi connectivity index (χ0) is 23.4. The Morgan fingerprint density at radius 1 is 1.03 bits per heavy atom. The van der Waals surface area contributed by atoms with E-state index in [4.69, 9.17) is 0 Å². The van der Waals surface area contributed by atoms with Crippen LogP contribution in [0.4, 0.5) is 5.69 Å². The number of anilines is 1. The van der Waals surface area contributed by atoms with Crippen molar-refractivity contribution in [1.82, 2.24) is 19.4 Å². The highest BCUT2D eigenvalue weighted by atomic mass is 127. The van der Waals surface area contributed by atoms with E-state index in [0.717, 1.165) is 51.1 Å². The highest BCUT2D eigenvalue weighted by molar-refractivity contribution is 14.1. The molecule has 2 atom stereocenters. The number of alkyl halides is 1. The Morgan fingerprint density at radius 3 is 2.41 bits per heavy atom. The first kappa shape index (κ1) is 22.3. The van der Waals surface area contributed by atoms with E-state index in [-0.39, 0.29) is 0 Å². The summed E-state index contributed by atoms with van der Waals surface area (Å²) in [6, 6.07) is 14.1. The number of likely N-dealkylation sites (tertiary alicyclic amines) is 1. The van der Waals surface area contributed by atoms with Crippen LogP contribution in [0, 0.1) is 5.92 Å². The van der Waals surface area contributed by atoms with Gasteiger partial charge in [-0.1, -0.05) is 46.9 Å². The van der Waals surface area contributed by atoms with Crippen molar-refractivity contribution in [2.75, 3.05) is 37.6 Å². The number of hydrogen-bond donors (Lipinski definition) is 0. The van der Waals surface area contributed by atoms with Crippen LogP contribution in [-0.4, -0.2) is 68.1 Å². The summed E-state index contributed by atoms with van der Waals surface area (Å²) in [5.41, 5.74) is 6.18. The molecular formula is C27H32IN5O. The van der Waals surface area contributed by atoms with Crippen molar-refractivity contribution < 1.29 is 4.79 Å². The van der Waals surface area contributed by atoms with Gasteiger partial charge in [0.25, 0.3) is 0 Å². The van der Waals surface area contributed by atoms with Crippen molar-refractivity contribution in [1.29, 1.82) is 0 Å². The van der Waals surface area contributed by atoms with Gasteiger partial charge in [0.15, 0.2) is 0 Å². The van der Waals surface area contributed by atoms with E-state index < -0.39 is 0 Å². The minimum Gasteiger partial charge on any atom is -0.366 e. The third-order valence-corrected chi connectivity index (χ3v) is 9.32. The summed E-state index contributed by atoms with van der Waals surface area (Å²) < 4.78 is 2.57. The number of nitrogens with zero attached hydrogens (tertiary/aromatic N) is 5. The predicted molar refractivity (Wildman–Crippen MR) is 145 cm³/mol. The van der Waals surface area contributed by atoms with E-state index in [1.807, 2.05) is 10.7 Å². The van der Waals surface area contributed by atoms with E-state index in [1.54, 1.807) is 0 Å². The largest absolute Gasteiger partial charge is 0.366 e. The molecule has 0 radical (unpaired) electrons. The number of piperazine rings is 1. The second kappa shape index (κ2) is 8.82. The zero-order valence-corrected chi connectivity index (χ0v) is 22.1. The Balaban J connectivity index is 1.19. The second-order valence-corrected chi connectivity index (χ2v) is 11.5. The number of halogens is 1. The van der Waals surface area contributed by atoms with Gasteiger partial charge in [0.05, 0.1) is 15.3 Å². The third-order valence-electron chi connectivity index (χ3n) is 7.74. The molecule has 178 valence electrons. The zero-order valence-electron chi connectivity index (χ0n) is 19.9. The van der Waals surface area contributed by atoms with E-state index in [0.29, 0.717) is 27.8 Å². The molecule has 7 heteroatoms. The molecule has 0 bridgehead atoms. The molecule has 4 heterocycles. The highest BCUT2D eigenvalue weighted by Crippen LogP contribution is 2.40. The molecule has 3 aromatic rings. The number of aromatic nitrogens is 2. The molecule has 2 aromatic heterocycles. The number of carbonyl (C=O) groups excluding carboxylic acids is 1. The van der Waals surface area contributed by atoms with Gasteiger partial charge in [-0.15, -0.1) is 0 Å². The first-order valence-electron chi connectivity index (χ1n) is 12.5. The van der Waals surface area contributed by atoms with Crippen molar-refractivity contribution in [3.63, 3.8) is 0 Å². The number of fused-ring (bicyclic) bond motifs is 1. The minimum absolute atomic E-state index is 0.306. The van der Waals surface area contributed by atoms with Crippen LogP contribution in [-0.2, 0) is 4.79 Å². The Hall–Kier alpha value is -2.13. The average molecular weight is 569 g/mol. The summed E-state index contributed by atoms with van der Waals surface area (Å²) in [5, 5.41) is 4.58. The van der Waals surface area contributed by atoms with Gasteiger partial charge in [0, 0.05) is 68.6 Å². The van der Waals surface area contributed by atoms with Gasteiger partial charge in [-0.05, 0) is 49.9 Å². The molecule has 1 aromatic carbocycles. The highest BCUT2D eigenvalue weighted by Gasteiger charge is 2.39. The number of hydrogen-bond acceptors (Lipinski definition) is 4. The van der Waals surface area contributed by atoms with E-state index in [1.165, 1.54) is 22.4 Å². The second-order valence-electron chi connectivity index (χ2n) is 10.3. The fourth-order valence-electron chi connectivity index (χ4n) is 5.37. The van der Waals surface area contributed by atoms with Gasteiger partial charge in [-0.25, -0.2) is 4.52 Å². The van der Waals surface area contributed by atoms with Crippen LogP contribution in [0.3, 0.4) is 0 Å². The van der Waals surface area contributed by atoms with Crippen LogP contribution in [0.25, 0.3) is 16.6 Å². The Labute approximate surface area is 215 Å². The molecular weight excluding hydrogens is 537 g/mol. The first-order chi connectivity index (χ1) is 16.5. The maximum Gasteiger partial charge on any atom is 0.225 e. The molecule has 3 aliphatic rings. The van der Waals surface area contributed by atoms with Gasteiger partial charge >= 0.3 is 0 Å². The van der Waals surface area contributed by atoms with Gasteiger partial charge in [-0.3, -0.25) is 9.69 Å². The quantitative estimate of drug-likeness (QED) is 0.256. The van der Waals surface area contributed by atoms with E-state index in [2.05, 4.69) is 98.8 Å². The molecule has 1 aliphatic carbocycles. The van der Waals surface area contributed by atoms with Crippen molar-refractivity contribution >= 4 is 39.7 Å². The maximum atomic E-state index is 12.4. The summed E-state index contributed by atoms with van der Waals surface area (Å²) >= 11 is 2.59. The van der Waals surface area contributed by atoms with E-state index in [9.17, 15) is 4.79 Å². The summed E-state index contributed by atoms with van der Waals surface area (Å²) in [6.45, 7) is 9.07. The van der Waals surface area contributed by atoms with Gasteiger partial charge in [-0.2, -0.15) is 5.10 Å². The van der Waals surface area contributed by atoms with Crippen molar-refractivity contribution in [2.24, 2.45) is 5.92 Å². The molecule has 1 amide bonds. The molecule has 1 saturated carbocycles. The topological polar surface area (TPSA) is 44.1 Å². The number of carbonyl (C=O) groups is 1. The van der Waals surface area contributed by atoms with E-state index >= 15 is 0 Å². The Kier molecular flexibility index (Phi) is 5.80. The molecule has 34 heavy (non-hydrogen) atoms. The summed E-state index contributed by atoms with van der Waals surface area (Å²) in [5.74, 6) is 1.28. The monoisotopic (exact) mass is 569 g/mol. The van der Waals surface area contributed by atoms with Gasteiger partial charge < -0.3 is 9.80 Å². The van der Waals surface area contributed by atoms with Gasteiger partial charge in [0.1, 0.15) is 0 Å². The molecule has 2 unspecified atom stereocenters. The summed E-state index contributed by atoms with van der Waals surface area (Å²) in [6.07, 6.45) is 6.17. The molecule has 6 nitrogen and oxygen atoms in total. The van der Waals surface area contributed by atoms with Crippen LogP contribution in [0.1, 0.15) is 38.2 Å². The first-order valence-corrected chi connectivity index (χ1v) is 13.8. The molecule has 6 rings (SSSR count). The molecule has 0 N–H and O–H groups in total. The lowest BCUT2D eigenvalue weighted by Gasteiger charge is -2.47. The van der Waals surface area contributed by atoms with Crippen molar-refractivity contribution in [2.45, 2.75) is 42.7 Å². The summed E-state index contributed by atoms with van der Waals surface area (Å²) in [4.78, 5) is 19.4. The number of rotatable bonds is 5. The lowest BCUT2D eigenvalue weighted by molar-refractivity contribution is -0.132. The fourth-order valence-corrected chi connectivity index (χ4v) is 6.89. The van der Waals surface area contributed by atoms with Crippen LogP contribution in [0.5, 0.6) is 0 Å². The standard InChI is InChI=1S/C27H32IN5O/c1-18(2)32-17-23(26(32)28)20-5-3-19(4-6-20)22-15-25-24(9-10-29-33(25)16-22)30-11-13-31(14-12-30)27(34)21-7-8-21/h3-6,9-10,15-16,18,21,23,26H,7-8,11-14,17H2,1-2H3. The fraction of sp³-hybridized carbons (Fsp3) is 0.481. The predicted octanol–water partition coefficient (Wildman–Crippen LogP) is 4.63. The molecule has 2 aliphatic heterocycles. The van der Waals surface area contributed by atoms with Crippen LogP contribution < -0.4 is 4.90 Å². The minimum atomic E-state index is 0.306. The molecule has 0 spiro atoms. The Bertz CT molecular complexity index is 1190. The lowest BCUT2D eigenvalue weighted by Crippen LogP contribution is -2.54. The third kappa shape index (κ3) is 4.00. The van der Waals surface area contributed by atoms with Crippen molar-refractivity contribution in [3.8, 4) is 11.1 Å². The van der Waals surface area contributed by atoms with Gasteiger partial charge in [0.2, 0.25) is 5.91 Å². The normalized spacial score (nSPS) is 23.5. The summed E-state index contributed by atoms with van der Waals surface area (Å²) in [7, 11) is 0. The van der Waals surface area contributed by atoms with Crippen LogP contribution in [0.2, 0.25) is 0 Å². The number of amides is 1. The Morgan fingerprint density at radius 2 is 1.76 bits per heavy atom. The van der Waals surface area contributed by atoms with Crippen LogP contribution in [0.15, 0.2) is 48.8 Å². The molecule has 2 saturated heterocycles. The average Bonchev–Trinajstić information content (AvgIpc) is 3.60. The van der Waals surface area contributed by atoms with Crippen LogP contribution >= 0.6 is 22.6 Å². The maximum absolute atomic E-state index is 12.4. The lowest BCUT2D eigenvalue weighted by atomic mass is 9.89. The smallest absolute Gasteiger partial charge is 0.225 e.